The van der Waals surface area contributed by atoms with Crippen molar-refractivity contribution in [3.63, 3.8) is 0 Å². The highest BCUT2D eigenvalue weighted by Crippen LogP contribution is 2.22. The summed E-state index contributed by atoms with van der Waals surface area (Å²) in [5.74, 6) is 0.947. The first-order chi connectivity index (χ1) is 7.81. The Balaban J connectivity index is 1.61. The average Bonchev–Trinajstić information content (AvgIpc) is 2.95. The van der Waals surface area contributed by atoms with E-state index >= 15 is 0 Å². The van der Waals surface area contributed by atoms with Crippen LogP contribution in [0.3, 0.4) is 0 Å². The van der Waals surface area contributed by atoms with Gasteiger partial charge < -0.3 is 18.9 Å². The highest BCUT2D eigenvalue weighted by Gasteiger charge is 2.29. The number of hydrogen-bond acceptors (Lipinski definition) is 4. The lowest BCUT2D eigenvalue weighted by atomic mass is 10.3. The summed E-state index contributed by atoms with van der Waals surface area (Å²) in [6.45, 7) is 1.15. The molecule has 0 radical (unpaired) electrons. The summed E-state index contributed by atoms with van der Waals surface area (Å²) < 4.78 is 21.9. The Bertz CT molecular complexity index is 195. The molecule has 4 nitrogen and oxygen atoms in total. The Morgan fingerprint density at radius 3 is 1.56 bits per heavy atom. The van der Waals surface area contributed by atoms with Crippen LogP contribution in [0.1, 0.15) is 12.8 Å². The maximum absolute atomic E-state index is 5.67. The molecule has 94 valence electrons. The van der Waals surface area contributed by atoms with Gasteiger partial charge in [0.2, 0.25) is 0 Å². The molecule has 0 aromatic rings. The minimum absolute atomic E-state index is 0.0210. The van der Waals surface area contributed by atoms with Crippen LogP contribution < -0.4 is 0 Å². The average molecular weight is 271 g/mol. The van der Waals surface area contributed by atoms with Crippen LogP contribution in [0.2, 0.25) is 0 Å². The van der Waals surface area contributed by atoms with E-state index in [9.17, 15) is 0 Å². The SMILES string of the molecule is ClCC1COC(CCC2OCC(CCl)O2)O1. The van der Waals surface area contributed by atoms with Gasteiger partial charge in [-0.25, -0.2) is 0 Å². The zero-order valence-electron chi connectivity index (χ0n) is 8.94. The summed E-state index contributed by atoms with van der Waals surface area (Å²) in [5.41, 5.74) is 0. The van der Waals surface area contributed by atoms with Crippen molar-refractivity contribution in [2.75, 3.05) is 25.0 Å². The Hall–Kier alpha value is 0.420. The van der Waals surface area contributed by atoms with Crippen molar-refractivity contribution in [1.29, 1.82) is 0 Å². The van der Waals surface area contributed by atoms with Crippen LogP contribution in [0, 0.1) is 0 Å². The van der Waals surface area contributed by atoms with Gasteiger partial charge in [0.1, 0.15) is 0 Å². The molecule has 2 aliphatic heterocycles. The van der Waals surface area contributed by atoms with Crippen LogP contribution in [-0.4, -0.2) is 49.8 Å². The Labute approximate surface area is 105 Å². The fraction of sp³-hybridized carbons (Fsp3) is 1.00. The van der Waals surface area contributed by atoms with E-state index in [-0.39, 0.29) is 24.8 Å². The molecule has 6 heteroatoms. The largest absolute Gasteiger partial charge is 0.350 e. The first-order valence-electron chi connectivity index (χ1n) is 5.48. The summed E-state index contributed by atoms with van der Waals surface area (Å²) in [4.78, 5) is 0. The quantitative estimate of drug-likeness (QED) is 0.713. The van der Waals surface area contributed by atoms with Crippen molar-refractivity contribution in [2.24, 2.45) is 0 Å². The molecule has 2 rings (SSSR count). The van der Waals surface area contributed by atoms with Gasteiger partial charge in [-0.3, -0.25) is 0 Å². The Morgan fingerprint density at radius 1 is 0.812 bits per heavy atom. The molecule has 0 N–H and O–H groups in total. The maximum atomic E-state index is 5.67. The first-order valence-corrected chi connectivity index (χ1v) is 6.54. The third kappa shape index (κ3) is 3.45. The molecule has 2 aliphatic rings. The van der Waals surface area contributed by atoms with Crippen LogP contribution in [0.5, 0.6) is 0 Å². The van der Waals surface area contributed by atoms with Gasteiger partial charge in [-0.05, 0) is 0 Å². The maximum Gasteiger partial charge on any atom is 0.158 e. The molecule has 2 saturated heterocycles. The van der Waals surface area contributed by atoms with Crippen molar-refractivity contribution in [3.8, 4) is 0 Å². The topological polar surface area (TPSA) is 36.9 Å². The minimum Gasteiger partial charge on any atom is -0.350 e. The summed E-state index contributed by atoms with van der Waals surface area (Å²) in [6.07, 6.45) is 1.21. The van der Waals surface area contributed by atoms with E-state index in [1.807, 2.05) is 0 Å². The van der Waals surface area contributed by atoms with Gasteiger partial charge >= 0.3 is 0 Å². The third-order valence-corrected chi connectivity index (χ3v) is 3.30. The molecule has 2 fully saturated rings. The van der Waals surface area contributed by atoms with Crippen LogP contribution in [-0.2, 0) is 18.9 Å². The molecule has 0 aliphatic carbocycles. The van der Waals surface area contributed by atoms with Crippen LogP contribution in [0.25, 0.3) is 0 Å². The van der Waals surface area contributed by atoms with Crippen molar-refractivity contribution < 1.29 is 18.9 Å². The third-order valence-electron chi connectivity index (χ3n) is 2.61. The van der Waals surface area contributed by atoms with Crippen LogP contribution >= 0.6 is 23.2 Å². The highest BCUT2D eigenvalue weighted by atomic mass is 35.5. The second-order valence-corrected chi connectivity index (χ2v) is 4.55. The first kappa shape index (κ1) is 12.9. The molecule has 0 bridgehead atoms. The zero-order chi connectivity index (χ0) is 11.4. The molecule has 4 unspecified atom stereocenters. The van der Waals surface area contributed by atoms with E-state index in [1.54, 1.807) is 0 Å². The van der Waals surface area contributed by atoms with E-state index in [4.69, 9.17) is 42.1 Å². The lowest BCUT2D eigenvalue weighted by Crippen LogP contribution is -2.18. The van der Waals surface area contributed by atoms with Gasteiger partial charge in [0, 0.05) is 12.8 Å². The molecular weight excluding hydrogens is 255 g/mol. The zero-order valence-corrected chi connectivity index (χ0v) is 10.5. The molecule has 0 aromatic carbocycles. The Kier molecular flexibility index (Phi) is 5.13. The van der Waals surface area contributed by atoms with Gasteiger partial charge in [-0.2, -0.15) is 0 Å². The van der Waals surface area contributed by atoms with Crippen LogP contribution in [0.4, 0.5) is 0 Å². The standard InChI is InChI=1S/C10H16Cl2O4/c11-3-7-5-13-9(15-7)1-2-10-14-6-8(4-12)16-10/h7-10H,1-6H2. The predicted octanol–water partition coefficient (Wildman–Crippen LogP) is 1.73. The van der Waals surface area contributed by atoms with Gasteiger partial charge in [0.25, 0.3) is 0 Å². The van der Waals surface area contributed by atoms with E-state index in [0.29, 0.717) is 25.0 Å². The van der Waals surface area contributed by atoms with Gasteiger partial charge in [0.05, 0.1) is 37.2 Å². The van der Waals surface area contributed by atoms with E-state index in [1.165, 1.54) is 0 Å². The number of rotatable bonds is 5. The van der Waals surface area contributed by atoms with Crippen molar-refractivity contribution in [1.82, 2.24) is 0 Å². The molecule has 0 amide bonds. The molecule has 0 saturated carbocycles. The van der Waals surface area contributed by atoms with Gasteiger partial charge in [-0.1, -0.05) is 0 Å². The summed E-state index contributed by atoms with van der Waals surface area (Å²) >= 11 is 11.3. The smallest absolute Gasteiger partial charge is 0.158 e. The lowest BCUT2D eigenvalue weighted by Gasteiger charge is -2.13. The second-order valence-electron chi connectivity index (χ2n) is 3.93. The second kappa shape index (κ2) is 6.38. The minimum atomic E-state index is -0.175. The summed E-state index contributed by atoms with van der Waals surface area (Å²) in [7, 11) is 0. The van der Waals surface area contributed by atoms with E-state index in [2.05, 4.69) is 0 Å². The number of hydrogen-bond donors (Lipinski definition) is 0. The summed E-state index contributed by atoms with van der Waals surface area (Å²) in [6, 6.07) is 0. The monoisotopic (exact) mass is 270 g/mol. The predicted molar refractivity (Wildman–Crippen MR) is 59.9 cm³/mol. The highest BCUT2D eigenvalue weighted by molar-refractivity contribution is 6.18. The fourth-order valence-corrected chi connectivity index (χ4v) is 2.08. The van der Waals surface area contributed by atoms with Gasteiger partial charge in [-0.15, -0.1) is 23.2 Å². The van der Waals surface area contributed by atoms with Gasteiger partial charge in [0.15, 0.2) is 12.6 Å². The van der Waals surface area contributed by atoms with Crippen LogP contribution in [0.15, 0.2) is 0 Å². The molecule has 2 heterocycles. The van der Waals surface area contributed by atoms with Crippen molar-refractivity contribution >= 4 is 23.2 Å². The van der Waals surface area contributed by atoms with E-state index < -0.39 is 0 Å². The van der Waals surface area contributed by atoms with Crippen molar-refractivity contribution in [2.45, 2.75) is 37.6 Å². The molecule has 4 atom stereocenters. The number of alkyl halides is 2. The van der Waals surface area contributed by atoms with Crippen molar-refractivity contribution in [3.05, 3.63) is 0 Å². The molecular formula is C10H16Cl2O4. The molecule has 16 heavy (non-hydrogen) atoms. The lowest BCUT2D eigenvalue weighted by molar-refractivity contribution is -0.0982. The fourth-order valence-electron chi connectivity index (χ4n) is 1.75. The normalized spacial score (nSPS) is 39.4. The number of ether oxygens (including phenoxy) is 4. The van der Waals surface area contributed by atoms with E-state index in [0.717, 1.165) is 12.8 Å². The molecule has 0 spiro atoms. The summed E-state index contributed by atoms with van der Waals surface area (Å²) in [5, 5.41) is 0. The Morgan fingerprint density at radius 2 is 1.25 bits per heavy atom. The molecule has 0 aromatic heterocycles. The number of halogens is 2.